The number of nitrogens with zero attached hydrogens (tertiary/aromatic N) is 3. The third-order valence-corrected chi connectivity index (χ3v) is 3.40. The molecule has 0 saturated heterocycles. The average molecular weight is 279 g/mol. The van der Waals surface area contributed by atoms with E-state index in [4.69, 9.17) is 5.11 Å². The van der Waals surface area contributed by atoms with Gasteiger partial charge in [-0.15, -0.1) is 5.10 Å². The van der Waals surface area contributed by atoms with Crippen LogP contribution in [-0.4, -0.2) is 26.5 Å². The highest BCUT2D eigenvalue weighted by Gasteiger charge is 2.05. The van der Waals surface area contributed by atoms with Crippen LogP contribution >= 0.6 is 0 Å². The molecule has 0 fully saturated rings. The zero-order valence-electron chi connectivity index (χ0n) is 11.9. The maximum atomic E-state index is 8.93. The van der Waals surface area contributed by atoms with Crippen molar-refractivity contribution in [1.29, 1.82) is 0 Å². The van der Waals surface area contributed by atoms with E-state index in [-0.39, 0.29) is 6.61 Å². The Morgan fingerprint density at radius 1 is 1.00 bits per heavy atom. The Bertz CT molecular complexity index is 715. The topological polar surface area (TPSA) is 50.9 Å². The van der Waals surface area contributed by atoms with Crippen molar-refractivity contribution in [2.75, 3.05) is 6.61 Å². The SMILES string of the molecule is Cc1ccc(-n2cnc(-c3ccc(CCO)cc3)n2)cc1. The van der Waals surface area contributed by atoms with Crippen molar-refractivity contribution in [3.8, 4) is 17.1 Å². The van der Waals surface area contributed by atoms with Gasteiger partial charge in [-0.2, -0.15) is 0 Å². The van der Waals surface area contributed by atoms with Gasteiger partial charge in [0.15, 0.2) is 5.82 Å². The van der Waals surface area contributed by atoms with E-state index >= 15 is 0 Å². The molecule has 0 aliphatic rings. The van der Waals surface area contributed by atoms with Gasteiger partial charge in [-0.1, -0.05) is 42.0 Å². The maximum absolute atomic E-state index is 8.93. The van der Waals surface area contributed by atoms with Crippen LogP contribution in [-0.2, 0) is 6.42 Å². The summed E-state index contributed by atoms with van der Waals surface area (Å²) in [5.41, 5.74) is 4.30. The van der Waals surface area contributed by atoms with Crippen LogP contribution in [0.4, 0.5) is 0 Å². The molecule has 3 rings (SSSR count). The number of rotatable bonds is 4. The molecule has 0 aliphatic heterocycles. The smallest absolute Gasteiger partial charge is 0.181 e. The lowest BCUT2D eigenvalue weighted by atomic mass is 10.1. The lowest BCUT2D eigenvalue weighted by molar-refractivity contribution is 0.299. The standard InChI is InChI=1S/C17H17N3O/c1-13-2-8-16(9-3-13)20-12-18-17(19-20)15-6-4-14(5-7-15)10-11-21/h2-9,12,21H,10-11H2,1H3. The molecule has 2 aromatic carbocycles. The van der Waals surface area contributed by atoms with Gasteiger partial charge in [-0.25, -0.2) is 9.67 Å². The fraction of sp³-hybridized carbons (Fsp3) is 0.176. The Morgan fingerprint density at radius 3 is 2.38 bits per heavy atom. The van der Waals surface area contributed by atoms with E-state index in [2.05, 4.69) is 29.1 Å². The van der Waals surface area contributed by atoms with Gasteiger partial charge in [-0.3, -0.25) is 0 Å². The van der Waals surface area contributed by atoms with Crippen LogP contribution in [0.25, 0.3) is 17.1 Å². The summed E-state index contributed by atoms with van der Waals surface area (Å²) in [7, 11) is 0. The number of benzene rings is 2. The van der Waals surface area contributed by atoms with Crippen LogP contribution in [0.5, 0.6) is 0 Å². The van der Waals surface area contributed by atoms with Crippen LogP contribution in [0.1, 0.15) is 11.1 Å². The number of hydrogen-bond acceptors (Lipinski definition) is 3. The Balaban J connectivity index is 1.85. The Hall–Kier alpha value is -2.46. The molecular weight excluding hydrogens is 262 g/mol. The molecular formula is C17H17N3O. The van der Waals surface area contributed by atoms with Crippen molar-refractivity contribution in [3.05, 3.63) is 66.0 Å². The Kier molecular flexibility index (Phi) is 3.79. The summed E-state index contributed by atoms with van der Waals surface area (Å²) in [4.78, 5) is 4.36. The van der Waals surface area contributed by atoms with Crippen molar-refractivity contribution in [2.45, 2.75) is 13.3 Å². The molecule has 0 saturated carbocycles. The Morgan fingerprint density at radius 2 is 1.71 bits per heavy atom. The van der Waals surface area contributed by atoms with Gasteiger partial charge in [0.25, 0.3) is 0 Å². The third kappa shape index (κ3) is 3.01. The first-order chi connectivity index (χ1) is 10.3. The molecule has 4 heteroatoms. The maximum Gasteiger partial charge on any atom is 0.181 e. The molecule has 0 bridgehead atoms. The highest BCUT2D eigenvalue weighted by Crippen LogP contribution is 2.17. The molecule has 0 atom stereocenters. The highest BCUT2D eigenvalue weighted by molar-refractivity contribution is 5.55. The first kappa shape index (κ1) is 13.5. The molecule has 3 aromatic rings. The van der Waals surface area contributed by atoms with Crippen molar-refractivity contribution in [1.82, 2.24) is 14.8 Å². The molecule has 1 aromatic heterocycles. The van der Waals surface area contributed by atoms with Gasteiger partial charge >= 0.3 is 0 Å². The van der Waals surface area contributed by atoms with Crippen molar-refractivity contribution >= 4 is 0 Å². The number of aromatic nitrogens is 3. The number of hydrogen-bond donors (Lipinski definition) is 1. The molecule has 1 N–H and O–H groups in total. The second-order valence-electron chi connectivity index (χ2n) is 5.02. The van der Waals surface area contributed by atoms with Crippen LogP contribution in [0.2, 0.25) is 0 Å². The van der Waals surface area contributed by atoms with Gasteiger partial charge < -0.3 is 5.11 Å². The van der Waals surface area contributed by atoms with Crippen LogP contribution < -0.4 is 0 Å². The van der Waals surface area contributed by atoms with Crippen molar-refractivity contribution < 1.29 is 5.11 Å². The molecule has 21 heavy (non-hydrogen) atoms. The van der Waals surface area contributed by atoms with E-state index in [9.17, 15) is 0 Å². The van der Waals surface area contributed by atoms with Crippen LogP contribution in [0, 0.1) is 6.92 Å². The monoisotopic (exact) mass is 279 g/mol. The summed E-state index contributed by atoms with van der Waals surface area (Å²) >= 11 is 0. The van der Waals surface area contributed by atoms with Gasteiger partial charge in [-0.05, 0) is 31.0 Å². The number of aliphatic hydroxyl groups is 1. The highest BCUT2D eigenvalue weighted by atomic mass is 16.2. The van der Waals surface area contributed by atoms with Crippen molar-refractivity contribution in [3.63, 3.8) is 0 Å². The zero-order valence-corrected chi connectivity index (χ0v) is 11.9. The average Bonchev–Trinajstić information content (AvgIpc) is 2.99. The Labute approximate surface area is 123 Å². The molecule has 0 radical (unpaired) electrons. The number of aryl methyl sites for hydroxylation is 1. The van der Waals surface area contributed by atoms with E-state index in [1.54, 1.807) is 11.0 Å². The fourth-order valence-corrected chi connectivity index (χ4v) is 2.17. The minimum atomic E-state index is 0.166. The van der Waals surface area contributed by atoms with Gasteiger partial charge in [0.2, 0.25) is 0 Å². The summed E-state index contributed by atoms with van der Waals surface area (Å²) in [5, 5.41) is 13.4. The normalized spacial score (nSPS) is 10.8. The molecule has 0 aliphatic carbocycles. The summed E-state index contributed by atoms with van der Waals surface area (Å²) in [5.74, 6) is 0.700. The molecule has 0 unspecified atom stereocenters. The van der Waals surface area contributed by atoms with Crippen LogP contribution in [0.3, 0.4) is 0 Å². The summed E-state index contributed by atoms with van der Waals surface area (Å²) < 4.78 is 1.77. The van der Waals surface area contributed by atoms with E-state index < -0.39 is 0 Å². The molecule has 0 spiro atoms. The van der Waals surface area contributed by atoms with Gasteiger partial charge in [0, 0.05) is 12.2 Å². The summed E-state index contributed by atoms with van der Waals surface area (Å²) in [6, 6.07) is 16.1. The lowest BCUT2D eigenvalue weighted by Gasteiger charge is -2.01. The fourth-order valence-electron chi connectivity index (χ4n) is 2.17. The van der Waals surface area contributed by atoms with E-state index in [1.807, 2.05) is 36.4 Å². The molecule has 4 nitrogen and oxygen atoms in total. The largest absolute Gasteiger partial charge is 0.396 e. The predicted octanol–water partition coefficient (Wildman–Crippen LogP) is 2.78. The van der Waals surface area contributed by atoms with E-state index in [1.165, 1.54) is 5.56 Å². The zero-order chi connectivity index (χ0) is 14.7. The lowest BCUT2D eigenvalue weighted by Crippen LogP contribution is -1.95. The summed E-state index contributed by atoms with van der Waals surface area (Å²) in [6.45, 7) is 2.23. The van der Waals surface area contributed by atoms with E-state index in [0.717, 1.165) is 16.8 Å². The first-order valence-electron chi connectivity index (χ1n) is 6.95. The third-order valence-electron chi connectivity index (χ3n) is 3.40. The van der Waals surface area contributed by atoms with Gasteiger partial charge in [0.05, 0.1) is 5.69 Å². The molecule has 1 heterocycles. The number of aliphatic hydroxyl groups excluding tert-OH is 1. The van der Waals surface area contributed by atoms with Gasteiger partial charge in [0.1, 0.15) is 6.33 Å². The second kappa shape index (κ2) is 5.89. The summed E-state index contributed by atoms with van der Waals surface area (Å²) in [6.07, 6.45) is 2.40. The molecule has 0 amide bonds. The second-order valence-corrected chi connectivity index (χ2v) is 5.02. The minimum Gasteiger partial charge on any atom is -0.396 e. The van der Waals surface area contributed by atoms with E-state index in [0.29, 0.717) is 12.2 Å². The van der Waals surface area contributed by atoms with Crippen LogP contribution in [0.15, 0.2) is 54.9 Å². The first-order valence-corrected chi connectivity index (χ1v) is 6.95. The molecule has 106 valence electrons. The quantitative estimate of drug-likeness (QED) is 0.799. The predicted molar refractivity (Wildman–Crippen MR) is 82.3 cm³/mol. The minimum absolute atomic E-state index is 0.166. The van der Waals surface area contributed by atoms with Crippen molar-refractivity contribution in [2.24, 2.45) is 0 Å².